The van der Waals surface area contributed by atoms with Crippen molar-refractivity contribution >= 4 is 12.1 Å². The lowest BCUT2D eigenvalue weighted by Gasteiger charge is -2.24. The molecule has 8 heteroatoms. The van der Waals surface area contributed by atoms with E-state index in [1.807, 2.05) is 26.8 Å². The summed E-state index contributed by atoms with van der Waals surface area (Å²) in [6.07, 6.45) is 1.13. The van der Waals surface area contributed by atoms with Crippen LogP contribution in [0.5, 0.6) is 5.75 Å². The Labute approximate surface area is 192 Å². The van der Waals surface area contributed by atoms with Crippen LogP contribution in [0.1, 0.15) is 57.7 Å². The molecule has 1 amide bonds. The van der Waals surface area contributed by atoms with Crippen LogP contribution < -0.4 is 10.1 Å². The molecule has 1 aliphatic carbocycles. The Morgan fingerprint density at radius 2 is 2.03 bits per heavy atom. The van der Waals surface area contributed by atoms with Crippen molar-refractivity contribution in [1.29, 1.82) is 0 Å². The predicted molar refractivity (Wildman–Crippen MR) is 121 cm³/mol. The van der Waals surface area contributed by atoms with E-state index < -0.39 is 23.9 Å². The highest BCUT2D eigenvalue weighted by atomic mass is 19.4. The number of benzene rings is 1. The number of nitrogens with one attached hydrogen (secondary N) is 1. The number of halogens is 3. The zero-order valence-electron chi connectivity index (χ0n) is 19.4. The first-order valence-corrected chi connectivity index (χ1v) is 11.3. The Hall–Kier alpha value is -2.77. The summed E-state index contributed by atoms with van der Waals surface area (Å²) in [5.41, 5.74) is 0.284. The van der Waals surface area contributed by atoms with E-state index in [-0.39, 0.29) is 23.1 Å². The molecular weight excluding hydrogens is 433 g/mol. The molecule has 33 heavy (non-hydrogen) atoms. The lowest BCUT2D eigenvalue weighted by atomic mass is 9.94. The van der Waals surface area contributed by atoms with Crippen molar-refractivity contribution in [2.45, 2.75) is 58.9 Å². The molecule has 0 aromatic heterocycles. The summed E-state index contributed by atoms with van der Waals surface area (Å²) in [5, 5.41) is 2.89. The van der Waals surface area contributed by atoms with Crippen LogP contribution in [0.15, 0.2) is 46.7 Å². The van der Waals surface area contributed by atoms with Crippen molar-refractivity contribution in [3.05, 3.63) is 52.8 Å². The first kappa shape index (κ1) is 24.9. The number of ether oxygens (including phenoxy) is 2. The summed E-state index contributed by atoms with van der Waals surface area (Å²) in [6.45, 7) is 8.67. The summed E-state index contributed by atoms with van der Waals surface area (Å²) in [7, 11) is 0. The lowest BCUT2D eigenvalue weighted by molar-refractivity contribution is -0.138. The molecule has 5 nitrogen and oxygen atoms in total. The number of aliphatic imine (C=N–C) groups is 1. The number of nitrogens with zero attached hydrogens (tertiary/aromatic N) is 1. The van der Waals surface area contributed by atoms with Gasteiger partial charge in [0.1, 0.15) is 17.6 Å². The van der Waals surface area contributed by atoms with Crippen LogP contribution in [0.3, 0.4) is 0 Å². The van der Waals surface area contributed by atoms with Crippen molar-refractivity contribution in [3.63, 3.8) is 0 Å². The molecule has 1 N–H and O–H groups in total. The molecule has 3 rings (SSSR count). The van der Waals surface area contributed by atoms with Gasteiger partial charge in [-0.1, -0.05) is 32.9 Å². The first-order chi connectivity index (χ1) is 15.6. The molecule has 0 spiro atoms. The lowest BCUT2D eigenvalue weighted by Crippen LogP contribution is -2.40. The molecule has 0 radical (unpaired) electrons. The number of alkyl halides is 3. The zero-order chi connectivity index (χ0) is 24.2. The van der Waals surface area contributed by atoms with Gasteiger partial charge in [-0.05, 0) is 60.9 Å². The topological polar surface area (TPSA) is 59.9 Å². The van der Waals surface area contributed by atoms with Gasteiger partial charge in [0, 0.05) is 12.8 Å². The van der Waals surface area contributed by atoms with Gasteiger partial charge in [-0.3, -0.25) is 9.79 Å². The van der Waals surface area contributed by atoms with E-state index in [4.69, 9.17) is 9.47 Å². The van der Waals surface area contributed by atoms with Crippen molar-refractivity contribution < 1.29 is 27.4 Å². The molecule has 3 unspecified atom stereocenters. The molecule has 0 bridgehead atoms. The summed E-state index contributed by atoms with van der Waals surface area (Å²) < 4.78 is 52.2. The molecule has 3 atom stereocenters. The van der Waals surface area contributed by atoms with Crippen LogP contribution in [-0.2, 0) is 15.7 Å². The smallest absolute Gasteiger partial charge is 0.416 e. The third-order valence-electron chi connectivity index (χ3n) is 5.47. The fourth-order valence-electron chi connectivity index (χ4n) is 3.82. The highest BCUT2D eigenvalue weighted by Gasteiger charge is 2.37. The average Bonchev–Trinajstić information content (AvgIpc) is 3.57. The highest BCUT2D eigenvalue weighted by Crippen LogP contribution is 2.40. The third kappa shape index (κ3) is 6.85. The number of hydrogen-bond acceptors (Lipinski definition) is 4. The van der Waals surface area contributed by atoms with E-state index in [2.05, 4.69) is 23.3 Å². The van der Waals surface area contributed by atoms with Crippen molar-refractivity contribution in [2.24, 2.45) is 16.8 Å². The quantitative estimate of drug-likeness (QED) is 0.488. The summed E-state index contributed by atoms with van der Waals surface area (Å²) in [4.78, 5) is 16.8. The molecule has 1 aliphatic heterocycles. The first-order valence-electron chi connectivity index (χ1n) is 11.3. The second kappa shape index (κ2) is 10.4. The molecule has 2 aliphatic rings. The maximum atomic E-state index is 13.6. The fourth-order valence-corrected chi connectivity index (χ4v) is 3.82. The van der Waals surface area contributed by atoms with Crippen LogP contribution in [0.4, 0.5) is 13.2 Å². The Balaban J connectivity index is 1.74. The second-order valence-corrected chi connectivity index (χ2v) is 8.88. The van der Waals surface area contributed by atoms with E-state index in [9.17, 15) is 18.0 Å². The Kier molecular flexibility index (Phi) is 7.87. The minimum Gasteiger partial charge on any atom is -0.494 e. The predicted octanol–water partition coefficient (Wildman–Crippen LogP) is 5.63. The highest BCUT2D eigenvalue weighted by molar-refractivity contribution is 5.82. The van der Waals surface area contributed by atoms with Crippen LogP contribution in [0.2, 0.25) is 0 Å². The van der Waals surface area contributed by atoms with E-state index >= 15 is 0 Å². The molecule has 1 aromatic carbocycles. The number of carbonyl (C=O) groups is 1. The van der Waals surface area contributed by atoms with E-state index in [1.165, 1.54) is 18.3 Å². The molecule has 0 fully saturated rings. The molecule has 1 aromatic rings. The minimum atomic E-state index is -4.54. The summed E-state index contributed by atoms with van der Waals surface area (Å²) >= 11 is 0. The maximum Gasteiger partial charge on any atom is 0.416 e. The maximum absolute atomic E-state index is 13.6. The standard InChI is InChI=1S/C25H31F3N2O3/c1-5-32-22-9-6-16(4)11-17(22)13-30-24(31)23(10-15(2)3)33-18-7-8-19(21-14-29-21)20(12-18)25(26,27)28/h6-9,12,14-16,21,23H,5,10-11,13H2,1-4H3,(H,30,31). The third-order valence-corrected chi connectivity index (χ3v) is 5.47. The van der Waals surface area contributed by atoms with Gasteiger partial charge >= 0.3 is 6.18 Å². The molecule has 0 saturated heterocycles. The van der Waals surface area contributed by atoms with Crippen LogP contribution in [0, 0.1) is 11.8 Å². The van der Waals surface area contributed by atoms with Crippen molar-refractivity contribution in [2.75, 3.05) is 13.2 Å². The van der Waals surface area contributed by atoms with Gasteiger partial charge in [0.05, 0.1) is 12.2 Å². The van der Waals surface area contributed by atoms with Crippen LogP contribution >= 0.6 is 0 Å². The van der Waals surface area contributed by atoms with E-state index in [0.29, 0.717) is 25.5 Å². The molecule has 0 saturated carbocycles. The van der Waals surface area contributed by atoms with Gasteiger partial charge in [-0.2, -0.15) is 13.2 Å². The number of hydrogen-bond donors (Lipinski definition) is 1. The molecular formula is C25H31F3N2O3. The SMILES string of the molecule is CCOC1=C(CNC(=O)C(CC(C)C)Oc2ccc(C3C=N3)c(C(F)(F)F)c2)CC(C)C=C1. The number of amides is 1. The summed E-state index contributed by atoms with van der Waals surface area (Å²) in [6, 6.07) is 3.26. The zero-order valence-corrected chi connectivity index (χ0v) is 19.4. The van der Waals surface area contributed by atoms with E-state index in [1.54, 1.807) is 0 Å². The normalized spacial score (nSPS) is 20.7. The largest absolute Gasteiger partial charge is 0.494 e. The van der Waals surface area contributed by atoms with Crippen molar-refractivity contribution in [3.8, 4) is 5.75 Å². The number of carbonyl (C=O) groups excluding carboxylic acids is 1. The molecule has 1 heterocycles. The van der Waals surface area contributed by atoms with Gasteiger partial charge < -0.3 is 14.8 Å². The monoisotopic (exact) mass is 464 g/mol. The van der Waals surface area contributed by atoms with Crippen LogP contribution in [0.25, 0.3) is 0 Å². The number of rotatable bonds is 10. The summed E-state index contributed by atoms with van der Waals surface area (Å²) in [5.74, 6) is 0.842. The number of allylic oxidation sites excluding steroid dienone is 2. The van der Waals surface area contributed by atoms with Gasteiger partial charge in [0.25, 0.3) is 5.91 Å². The van der Waals surface area contributed by atoms with Gasteiger partial charge in [-0.15, -0.1) is 0 Å². The fraction of sp³-hybridized carbons (Fsp3) is 0.520. The second-order valence-electron chi connectivity index (χ2n) is 8.88. The molecule has 180 valence electrons. The average molecular weight is 465 g/mol. The van der Waals surface area contributed by atoms with Gasteiger partial charge in [0.2, 0.25) is 0 Å². The Morgan fingerprint density at radius 3 is 2.64 bits per heavy atom. The van der Waals surface area contributed by atoms with Crippen LogP contribution in [-0.4, -0.2) is 31.4 Å². The minimum absolute atomic E-state index is 0.0102. The van der Waals surface area contributed by atoms with Crippen molar-refractivity contribution in [1.82, 2.24) is 5.32 Å². The Morgan fingerprint density at radius 1 is 1.30 bits per heavy atom. The Bertz CT molecular complexity index is 945. The van der Waals surface area contributed by atoms with Gasteiger partial charge in [-0.25, -0.2) is 0 Å². The van der Waals surface area contributed by atoms with Gasteiger partial charge in [0.15, 0.2) is 6.10 Å². The van der Waals surface area contributed by atoms with E-state index in [0.717, 1.165) is 23.8 Å².